The molecule has 2 heterocycles. The SMILES string of the molecule is CN(CCC(=O)O)c1ncnc2c1cnn2C(C)(C)C. The molecule has 0 fully saturated rings. The van der Waals surface area contributed by atoms with E-state index < -0.39 is 5.97 Å². The summed E-state index contributed by atoms with van der Waals surface area (Å²) in [6.45, 7) is 6.54. The lowest BCUT2D eigenvalue weighted by molar-refractivity contribution is -0.136. The molecule has 2 aromatic heterocycles. The standard InChI is InChI=1S/C13H19N5O2/c1-13(2,3)18-12-9(7-16-18)11(14-8-15-12)17(4)6-5-10(19)20/h7-8H,5-6H2,1-4H3,(H,19,20). The first kappa shape index (κ1) is 14.2. The van der Waals surface area contributed by atoms with Crippen LogP contribution >= 0.6 is 0 Å². The number of aromatic nitrogens is 4. The molecule has 0 aliphatic carbocycles. The summed E-state index contributed by atoms with van der Waals surface area (Å²) >= 11 is 0. The molecule has 0 aliphatic rings. The van der Waals surface area contributed by atoms with Crippen molar-refractivity contribution in [3.05, 3.63) is 12.5 Å². The summed E-state index contributed by atoms with van der Waals surface area (Å²) in [6.07, 6.45) is 3.28. The number of fused-ring (bicyclic) bond motifs is 1. The van der Waals surface area contributed by atoms with Gasteiger partial charge in [0.1, 0.15) is 12.1 Å². The molecule has 2 aromatic rings. The van der Waals surface area contributed by atoms with E-state index in [1.54, 1.807) is 6.20 Å². The van der Waals surface area contributed by atoms with Gasteiger partial charge in [-0.3, -0.25) is 4.79 Å². The summed E-state index contributed by atoms with van der Waals surface area (Å²) in [5.41, 5.74) is 0.581. The number of carbonyl (C=O) groups is 1. The Bertz CT molecular complexity index is 629. The van der Waals surface area contributed by atoms with Gasteiger partial charge in [0.2, 0.25) is 0 Å². The number of hydrogen-bond acceptors (Lipinski definition) is 5. The van der Waals surface area contributed by atoms with Crippen LogP contribution in [-0.4, -0.2) is 44.4 Å². The van der Waals surface area contributed by atoms with Crippen LogP contribution < -0.4 is 4.90 Å². The van der Waals surface area contributed by atoms with E-state index in [0.29, 0.717) is 12.4 Å². The molecule has 7 nitrogen and oxygen atoms in total. The van der Waals surface area contributed by atoms with Crippen LogP contribution in [0.3, 0.4) is 0 Å². The molecule has 0 aromatic carbocycles. The largest absolute Gasteiger partial charge is 0.481 e. The molecule has 0 bridgehead atoms. The number of nitrogens with zero attached hydrogens (tertiary/aromatic N) is 5. The average molecular weight is 277 g/mol. The van der Waals surface area contributed by atoms with E-state index in [9.17, 15) is 4.79 Å². The molecule has 0 unspecified atom stereocenters. The Morgan fingerprint density at radius 3 is 2.70 bits per heavy atom. The maximum Gasteiger partial charge on any atom is 0.305 e. The maximum absolute atomic E-state index is 10.7. The molecule has 0 spiro atoms. The first-order valence-corrected chi connectivity index (χ1v) is 6.43. The fourth-order valence-electron chi connectivity index (χ4n) is 2.00. The van der Waals surface area contributed by atoms with E-state index >= 15 is 0 Å². The summed E-state index contributed by atoms with van der Waals surface area (Å²) in [5.74, 6) is -0.126. The monoisotopic (exact) mass is 277 g/mol. The van der Waals surface area contributed by atoms with Crippen LogP contribution in [0.4, 0.5) is 5.82 Å². The van der Waals surface area contributed by atoms with Gasteiger partial charge in [0.25, 0.3) is 0 Å². The van der Waals surface area contributed by atoms with Gasteiger partial charge in [-0.2, -0.15) is 5.10 Å². The molecule has 0 saturated heterocycles. The van der Waals surface area contributed by atoms with Crippen molar-refractivity contribution in [3.63, 3.8) is 0 Å². The van der Waals surface area contributed by atoms with Gasteiger partial charge < -0.3 is 10.0 Å². The molecule has 2 rings (SSSR count). The molecule has 1 N–H and O–H groups in total. The lowest BCUT2D eigenvalue weighted by Gasteiger charge is -2.21. The van der Waals surface area contributed by atoms with Gasteiger partial charge >= 0.3 is 5.97 Å². The van der Waals surface area contributed by atoms with Crippen molar-refractivity contribution in [2.24, 2.45) is 0 Å². The minimum atomic E-state index is -0.826. The first-order valence-electron chi connectivity index (χ1n) is 6.43. The van der Waals surface area contributed by atoms with E-state index in [4.69, 9.17) is 5.11 Å². The highest BCUT2D eigenvalue weighted by molar-refractivity contribution is 5.86. The molecule has 7 heteroatoms. The number of carboxylic acid groups (broad SMARTS) is 1. The van der Waals surface area contributed by atoms with Gasteiger partial charge in [0.05, 0.1) is 23.5 Å². The van der Waals surface area contributed by atoms with Crippen molar-refractivity contribution in [1.29, 1.82) is 0 Å². The molecule has 0 amide bonds. The number of hydrogen-bond donors (Lipinski definition) is 1. The van der Waals surface area contributed by atoms with Gasteiger partial charge in [-0.25, -0.2) is 14.6 Å². The fraction of sp³-hybridized carbons (Fsp3) is 0.538. The van der Waals surface area contributed by atoms with Crippen molar-refractivity contribution >= 4 is 22.8 Å². The zero-order valence-corrected chi connectivity index (χ0v) is 12.2. The Hall–Kier alpha value is -2.18. The van der Waals surface area contributed by atoms with Crippen molar-refractivity contribution < 1.29 is 9.90 Å². The summed E-state index contributed by atoms with van der Waals surface area (Å²) in [4.78, 5) is 21.0. The van der Waals surface area contributed by atoms with E-state index in [-0.39, 0.29) is 12.0 Å². The summed E-state index contributed by atoms with van der Waals surface area (Å²) < 4.78 is 1.85. The van der Waals surface area contributed by atoms with E-state index in [1.807, 2.05) is 16.6 Å². The van der Waals surface area contributed by atoms with Crippen molar-refractivity contribution in [3.8, 4) is 0 Å². The molecular weight excluding hydrogens is 258 g/mol. The number of rotatable bonds is 4. The van der Waals surface area contributed by atoms with E-state index in [1.165, 1.54) is 6.33 Å². The normalized spacial score (nSPS) is 11.8. The van der Waals surface area contributed by atoms with E-state index in [2.05, 4.69) is 35.8 Å². The van der Waals surface area contributed by atoms with Crippen LogP contribution in [0.1, 0.15) is 27.2 Å². The Kier molecular flexibility index (Phi) is 3.61. The first-order chi connectivity index (χ1) is 9.30. The third-order valence-corrected chi connectivity index (χ3v) is 3.00. The Balaban J connectivity index is 2.41. The third-order valence-electron chi connectivity index (χ3n) is 3.00. The van der Waals surface area contributed by atoms with E-state index in [0.717, 1.165) is 11.0 Å². The van der Waals surface area contributed by atoms with Crippen LogP contribution in [0.2, 0.25) is 0 Å². The summed E-state index contributed by atoms with van der Waals surface area (Å²) in [7, 11) is 1.82. The second-order valence-electron chi connectivity index (χ2n) is 5.73. The van der Waals surface area contributed by atoms with Crippen LogP contribution in [-0.2, 0) is 10.3 Å². The maximum atomic E-state index is 10.7. The zero-order chi connectivity index (χ0) is 14.9. The highest BCUT2D eigenvalue weighted by atomic mass is 16.4. The van der Waals surface area contributed by atoms with Gasteiger partial charge in [-0.05, 0) is 20.8 Å². The molecule has 0 atom stereocenters. The smallest absolute Gasteiger partial charge is 0.305 e. The lowest BCUT2D eigenvalue weighted by Crippen LogP contribution is -2.24. The molecule has 108 valence electrons. The van der Waals surface area contributed by atoms with Crippen LogP contribution in [0, 0.1) is 0 Å². The topological polar surface area (TPSA) is 84.1 Å². The summed E-state index contributed by atoms with van der Waals surface area (Å²) in [6, 6.07) is 0. The second-order valence-corrected chi connectivity index (χ2v) is 5.73. The minimum absolute atomic E-state index is 0.0649. The second kappa shape index (κ2) is 5.07. The van der Waals surface area contributed by atoms with Gasteiger partial charge in [-0.15, -0.1) is 0 Å². The van der Waals surface area contributed by atoms with Crippen molar-refractivity contribution in [1.82, 2.24) is 19.7 Å². The lowest BCUT2D eigenvalue weighted by atomic mass is 10.1. The average Bonchev–Trinajstić information content (AvgIpc) is 2.79. The van der Waals surface area contributed by atoms with Crippen molar-refractivity contribution in [2.75, 3.05) is 18.5 Å². The number of anilines is 1. The fourth-order valence-corrected chi connectivity index (χ4v) is 2.00. The van der Waals surface area contributed by atoms with Crippen LogP contribution in [0.25, 0.3) is 11.0 Å². The minimum Gasteiger partial charge on any atom is -0.481 e. The van der Waals surface area contributed by atoms with Gasteiger partial charge in [0, 0.05) is 13.6 Å². The Morgan fingerprint density at radius 2 is 2.10 bits per heavy atom. The predicted octanol–water partition coefficient (Wildman–Crippen LogP) is 1.49. The number of carboxylic acids is 1. The predicted molar refractivity (Wildman–Crippen MR) is 75.8 cm³/mol. The molecule has 0 radical (unpaired) electrons. The van der Waals surface area contributed by atoms with Crippen molar-refractivity contribution in [2.45, 2.75) is 32.7 Å². The Labute approximate surface area is 117 Å². The van der Waals surface area contributed by atoms with Crippen LogP contribution in [0.5, 0.6) is 0 Å². The molecule has 0 aliphatic heterocycles. The van der Waals surface area contributed by atoms with Crippen LogP contribution in [0.15, 0.2) is 12.5 Å². The molecule has 20 heavy (non-hydrogen) atoms. The Morgan fingerprint density at radius 1 is 1.40 bits per heavy atom. The van der Waals surface area contributed by atoms with Gasteiger partial charge in [-0.1, -0.05) is 0 Å². The van der Waals surface area contributed by atoms with Gasteiger partial charge in [0.15, 0.2) is 5.65 Å². The zero-order valence-electron chi connectivity index (χ0n) is 12.2. The quantitative estimate of drug-likeness (QED) is 0.911. The molecule has 0 saturated carbocycles. The number of aliphatic carboxylic acids is 1. The molecular formula is C13H19N5O2. The highest BCUT2D eigenvalue weighted by Gasteiger charge is 2.20. The highest BCUT2D eigenvalue weighted by Crippen LogP contribution is 2.25. The summed E-state index contributed by atoms with van der Waals surface area (Å²) in [5, 5.41) is 14.0. The third kappa shape index (κ3) is 2.71.